The summed E-state index contributed by atoms with van der Waals surface area (Å²) in [7, 11) is -1.05. The van der Waals surface area contributed by atoms with E-state index in [1.165, 1.54) is 12.8 Å². The summed E-state index contributed by atoms with van der Waals surface area (Å²) in [5.74, 6) is 0.832. The Morgan fingerprint density at radius 2 is 2.14 bits per heavy atom. The van der Waals surface area contributed by atoms with E-state index in [2.05, 4.69) is 34.9 Å². The molecule has 1 fully saturated rings. The van der Waals surface area contributed by atoms with Crippen LogP contribution in [0.25, 0.3) is 11.0 Å². The first-order valence-electron chi connectivity index (χ1n) is 7.79. The fourth-order valence-corrected chi connectivity index (χ4v) is 3.14. The highest BCUT2D eigenvalue weighted by atomic mass is 35.5. The van der Waals surface area contributed by atoms with Crippen molar-refractivity contribution in [1.82, 2.24) is 14.5 Å². The van der Waals surface area contributed by atoms with Crippen molar-refractivity contribution in [3.05, 3.63) is 17.5 Å². The van der Waals surface area contributed by atoms with Gasteiger partial charge in [0, 0.05) is 26.9 Å². The number of anilines is 1. The highest BCUT2D eigenvalue weighted by molar-refractivity contribution is 6.76. The molecule has 0 spiro atoms. The molecule has 120 valence electrons. The number of halogens is 1. The molecule has 0 amide bonds. The zero-order chi connectivity index (χ0) is 15.7. The molecule has 2 aromatic heterocycles. The molecule has 0 saturated heterocycles. The van der Waals surface area contributed by atoms with Crippen LogP contribution in [0.15, 0.2) is 12.3 Å². The van der Waals surface area contributed by atoms with Gasteiger partial charge in [0.2, 0.25) is 5.28 Å². The van der Waals surface area contributed by atoms with Gasteiger partial charge in [-0.15, -0.1) is 0 Å². The molecule has 0 bridgehead atoms. The molecule has 2 aromatic rings. The third-order valence-electron chi connectivity index (χ3n) is 3.74. The fraction of sp³-hybridized carbons (Fsp3) is 0.600. The lowest BCUT2D eigenvalue weighted by atomic mass is 10.4. The number of ether oxygens (including phenoxy) is 1. The molecular weight excluding hydrogens is 316 g/mol. The first-order chi connectivity index (χ1) is 10.4. The van der Waals surface area contributed by atoms with Crippen LogP contribution in [0.2, 0.25) is 31.0 Å². The predicted molar refractivity (Wildman–Crippen MR) is 93.3 cm³/mol. The smallest absolute Gasteiger partial charge is 0.226 e. The third kappa shape index (κ3) is 4.00. The lowest BCUT2D eigenvalue weighted by Crippen LogP contribution is -2.22. The van der Waals surface area contributed by atoms with E-state index in [4.69, 9.17) is 16.3 Å². The Morgan fingerprint density at radius 3 is 2.82 bits per heavy atom. The summed E-state index contributed by atoms with van der Waals surface area (Å²) in [4.78, 5) is 8.68. The van der Waals surface area contributed by atoms with E-state index in [-0.39, 0.29) is 5.28 Å². The largest absolute Gasteiger partial charge is 0.367 e. The van der Waals surface area contributed by atoms with E-state index in [0.29, 0.717) is 12.8 Å². The van der Waals surface area contributed by atoms with Crippen LogP contribution in [0.3, 0.4) is 0 Å². The Kier molecular flexibility index (Phi) is 4.43. The predicted octanol–water partition coefficient (Wildman–Crippen LogP) is 3.97. The van der Waals surface area contributed by atoms with Crippen molar-refractivity contribution < 1.29 is 4.74 Å². The van der Waals surface area contributed by atoms with Crippen LogP contribution >= 0.6 is 11.6 Å². The van der Waals surface area contributed by atoms with Gasteiger partial charge >= 0.3 is 0 Å². The maximum atomic E-state index is 6.07. The van der Waals surface area contributed by atoms with Crippen molar-refractivity contribution in [2.45, 2.75) is 51.3 Å². The Balaban J connectivity index is 1.72. The number of hydrogen-bond donors (Lipinski definition) is 1. The normalized spacial score (nSPS) is 15.5. The fourth-order valence-electron chi connectivity index (χ4n) is 2.21. The zero-order valence-corrected chi connectivity index (χ0v) is 15.2. The average Bonchev–Trinajstić information content (AvgIpc) is 3.13. The summed E-state index contributed by atoms with van der Waals surface area (Å²) in [5, 5.41) is 4.70. The molecule has 0 unspecified atom stereocenters. The number of fused-ring (bicyclic) bond motifs is 1. The highest BCUT2D eigenvalue weighted by Gasteiger charge is 2.23. The van der Waals surface area contributed by atoms with E-state index in [9.17, 15) is 0 Å². The number of aromatic nitrogens is 3. The van der Waals surface area contributed by atoms with Gasteiger partial charge in [-0.05, 0) is 36.6 Å². The van der Waals surface area contributed by atoms with Gasteiger partial charge in [0.05, 0.1) is 5.39 Å². The van der Waals surface area contributed by atoms with Crippen molar-refractivity contribution in [2.24, 2.45) is 0 Å². The summed E-state index contributed by atoms with van der Waals surface area (Å²) in [5.41, 5.74) is 0.830. The quantitative estimate of drug-likeness (QED) is 0.471. The minimum atomic E-state index is -1.05. The summed E-state index contributed by atoms with van der Waals surface area (Å²) in [6, 6.07) is 3.72. The van der Waals surface area contributed by atoms with Crippen molar-refractivity contribution in [1.29, 1.82) is 0 Å². The molecule has 0 aromatic carbocycles. The molecule has 7 heteroatoms. The van der Waals surface area contributed by atoms with Crippen molar-refractivity contribution in [3.63, 3.8) is 0 Å². The summed E-state index contributed by atoms with van der Waals surface area (Å²) in [6.45, 7) is 8.35. The summed E-state index contributed by atoms with van der Waals surface area (Å²) < 4.78 is 7.80. The van der Waals surface area contributed by atoms with E-state index in [1.807, 2.05) is 16.8 Å². The van der Waals surface area contributed by atoms with Crippen LogP contribution in [0.4, 0.5) is 5.82 Å². The molecular formula is C15H23ClN4OSi. The average molecular weight is 339 g/mol. The standard InChI is InChI=1S/C15H23ClN4OSi/c1-22(2,3)9-8-21-10-20-7-6-12-13(17-11-4-5-11)18-15(16)19-14(12)20/h6-7,11H,4-5,8-10H2,1-3H3,(H,17,18,19). The van der Waals surface area contributed by atoms with E-state index in [1.54, 1.807) is 0 Å². The monoisotopic (exact) mass is 338 g/mol. The number of rotatable bonds is 7. The van der Waals surface area contributed by atoms with Crippen LogP contribution < -0.4 is 5.32 Å². The molecule has 22 heavy (non-hydrogen) atoms. The molecule has 1 aliphatic rings. The van der Waals surface area contributed by atoms with Crippen LogP contribution in [0, 0.1) is 0 Å². The van der Waals surface area contributed by atoms with Crippen LogP contribution in [-0.2, 0) is 11.5 Å². The minimum Gasteiger partial charge on any atom is -0.367 e. The topological polar surface area (TPSA) is 52.0 Å². The van der Waals surface area contributed by atoms with Gasteiger partial charge in [-0.3, -0.25) is 0 Å². The van der Waals surface area contributed by atoms with Crippen molar-refractivity contribution >= 4 is 36.5 Å². The molecule has 2 heterocycles. The SMILES string of the molecule is C[Si](C)(C)CCOCn1ccc2c(NC3CC3)nc(Cl)nc21. The molecule has 1 saturated carbocycles. The zero-order valence-electron chi connectivity index (χ0n) is 13.4. The first-order valence-corrected chi connectivity index (χ1v) is 11.9. The van der Waals surface area contributed by atoms with Gasteiger partial charge in [-0.2, -0.15) is 4.98 Å². The molecule has 5 nitrogen and oxygen atoms in total. The third-order valence-corrected chi connectivity index (χ3v) is 5.61. The molecule has 0 radical (unpaired) electrons. The second-order valence-corrected chi connectivity index (χ2v) is 13.1. The lowest BCUT2D eigenvalue weighted by molar-refractivity contribution is 0.0899. The van der Waals surface area contributed by atoms with Gasteiger partial charge in [0.25, 0.3) is 0 Å². The van der Waals surface area contributed by atoms with Crippen LogP contribution in [0.5, 0.6) is 0 Å². The Bertz CT molecular complexity index is 663. The summed E-state index contributed by atoms with van der Waals surface area (Å²) in [6.07, 6.45) is 4.38. The second kappa shape index (κ2) is 6.18. The Morgan fingerprint density at radius 1 is 1.36 bits per heavy atom. The van der Waals surface area contributed by atoms with Crippen molar-refractivity contribution in [2.75, 3.05) is 11.9 Å². The Hall–Kier alpha value is -1.11. The minimum absolute atomic E-state index is 0.276. The summed E-state index contributed by atoms with van der Waals surface area (Å²) >= 11 is 6.07. The van der Waals surface area contributed by atoms with Gasteiger partial charge in [0.15, 0.2) is 0 Å². The molecule has 0 atom stereocenters. The molecule has 3 rings (SSSR count). The Labute approximate surface area is 137 Å². The molecule has 0 aliphatic heterocycles. The number of nitrogens with one attached hydrogen (secondary N) is 1. The maximum absolute atomic E-state index is 6.07. The van der Waals surface area contributed by atoms with E-state index < -0.39 is 8.07 Å². The van der Waals surface area contributed by atoms with Gasteiger partial charge in [0.1, 0.15) is 18.2 Å². The number of hydrogen-bond acceptors (Lipinski definition) is 4. The maximum Gasteiger partial charge on any atom is 0.226 e. The van der Waals surface area contributed by atoms with Crippen molar-refractivity contribution in [3.8, 4) is 0 Å². The molecule has 1 aliphatic carbocycles. The van der Waals surface area contributed by atoms with Gasteiger partial charge < -0.3 is 14.6 Å². The van der Waals surface area contributed by atoms with Crippen LogP contribution in [-0.4, -0.2) is 35.3 Å². The van der Waals surface area contributed by atoms with Crippen LogP contribution in [0.1, 0.15) is 12.8 Å². The van der Waals surface area contributed by atoms with Gasteiger partial charge in [-0.1, -0.05) is 19.6 Å². The lowest BCUT2D eigenvalue weighted by Gasteiger charge is -2.15. The molecule has 1 N–H and O–H groups in total. The van der Waals surface area contributed by atoms with E-state index >= 15 is 0 Å². The van der Waals surface area contributed by atoms with Gasteiger partial charge in [-0.25, -0.2) is 4.98 Å². The number of nitrogens with zero attached hydrogens (tertiary/aromatic N) is 3. The van der Waals surface area contributed by atoms with E-state index in [0.717, 1.165) is 29.5 Å². The second-order valence-electron chi connectivity index (χ2n) is 7.13. The first kappa shape index (κ1) is 15.8. The highest BCUT2D eigenvalue weighted by Crippen LogP contribution is 2.29.